The molecule has 0 aliphatic heterocycles. The molecule has 0 aromatic heterocycles. The Labute approximate surface area is 94.2 Å². The minimum absolute atomic E-state index is 0. The van der Waals surface area contributed by atoms with Gasteiger partial charge in [-0.1, -0.05) is 27.2 Å². The van der Waals surface area contributed by atoms with Crippen LogP contribution in [0.1, 0.15) is 27.2 Å². The predicted octanol–water partition coefficient (Wildman–Crippen LogP) is -1.70. The van der Waals surface area contributed by atoms with Gasteiger partial charge in [0.2, 0.25) is 0 Å². The SMILES string of the molecule is CCC(C)C(C)SOO[O-].[Na+]. The number of hydrogen-bond donors (Lipinski definition) is 0. The van der Waals surface area contributed by atoms with Gasteiger partial charge in [0.25, 0.3) is 0 Å². The molecule has 2 atom stereocenters. The minimum atomic E-state index is 0. The molecule has 0 rings (SSSR count). The Kier molecular flexibility index (Phi) is 12.5. The second-order valence-corrected chi connectivity index (χ2v) is 3.40. The Balaban J connectivity index is 0. The summed E-state index contributed by atoms with van der Waals surface area (Å²) in [6.45, 7) is 6.20. The second kappa shape index (κ2) is 9.32. The van der Waals surface area contributed by atoms with E-state index in [0.717, 1.165) is 18.5 Å². The molecule has 62 valence electrons. The first-order chi connectivity index (χ1) is 4.72. The summed E-state index contributed by atoms with van der Waals surface area (Å²) in [6.07, 6.45) is 1.08. The fourth-order valence-electron chi connectivity index (χ4n) is 0.505. The molecule has 0 saturated heterocycles. The third kappa shape index (κ3) is 7.59. The molecule has 3 nitrogen and oxygen atoms in total. The molecule has 5 heteroatoms. The van der Waals surface area contributed by atoms with Gasteiger partial charge in [-0.05, 0) is 5.92 Å². The number of rotatable bonds is 5. The van der Waals surface area contributed by atoms with Crippen molar-refractivity contribution in [2.24, 2.45) is 5.92 Å². The van der Waals surface area contributed by atoms with E-state index in [9.17, 15) is 5.26 Å². The van der Waals surface area contributed by atoms with Gasteiger partial charge in [-0.15, -0.1) is 0 Å². The van der Waals surface area contributed by atoms with Gasteiger partial charge in [0, 0.05) is 17.3 Å². The topological polar surface area (TPSA) is 41.5 Å². The van der Waals surface area contributed by atoms with Gasteiger partial charge in [0.1, 0.15) is 0 Å². The summed E-state index contributed by atoms with van der Waals surface area (Å²) in [5.74, 6) is 0.542. The van der Waals surface area contributed by atoms with Crippen LogP contribution in [0.3, 0.4) is 0 Å². The molecule has 0 heterocycles. The van der Waals surface area contributed by atoms with E-state index in [1.807, 2.05) is 6.92 Å². The van der Waals surface area contributed by atoms with Gasteiger partial charge in [-0.25, -0.2) is 0 Å². The predicted molar refractivity (Wildman–Crippen MR) is 38.7 cm³/mol. The third-order valence-electron chi connectivity index (χ3n) is 1.66. The molecule has 0 aromatic carbocycles. The van der Waals surface area contributed by atoms with E-state index in [4.69, 9.17) is 0 Å². The van der Waals surface area contributed by atoms with Crippen molar-refractivity contribution in [1.82, 2.24) is 0 Å². The molecule has 0 radical (unpaired) electrons. The van der Waals surface area contributed by atoms with Crippen LogP contribution in [0, 0.1) is 5.92 Å². The van der Waals surface area contributed by atoms with Crippen LogP contribution in [-0.2, 0) is 9.37 Å². The van der Waals surface area contributed by atoms with Crippen LogP contribution in [0.25, 0.3) is 0 Å². The van der Waals surface area contributed by atoms with E-state index in [2.05, 4.69) is 23.2 Å². The minimum Gasteiger partial charge on any atom is -0.691 e. The van der Waals surface area contributed by atoms with Crippen molar-refractivity contribution >= 4 is 12.0 Å². The van der Waals surface area contributed by atoms with Gasteiger partial charge in [0.05, 0.1) is 0 Å². The Morgan fingerprint density at radius 2 is 2.00 bits per heavy atom. The Bertz CT molecular complexity index is 84.2. The fourth-order valence-corrected chi connectivity index (χ4v) is 1.04. The fraction of sp³-hybridized carbons (Fsp3) is 1.00. The van der Waals surface area contributed by atoms with Gasteiger partial charge in [0.15, 0.2) is 0 Å². The van der Waals surface area contributed by atoms with E-state index in [-0.39, 0.29) is 29.6 Å². The zero-order valence-electron chi connectivity index (χ0n) is 7.49. The molecule has 0 spiro atoms. The van der Waals surface area contributed by atoms with Crippen LogP contribution < -0.4 is 34.8 Å². The summed E-state index contributed by atoms with van der Waals surface area (Å²) in [6, 6.07) is 0. The smallest absolute Gasteiger partial charge is 0.691 e. The number of hydrogen-bond acceptors (Lipinski definition) is 4. The maximum absolute atomic E-state index is 9.40. The van der Waals surface area contributed by atoms with E-state index in [0.29, 0.717) is 11.2 Å². The summed E-state index contributed by atoms with van der Waals surface area (Å²) in [5, 5.41) is 12.9. The van der Waals surface area contributed by atoms with E-state index >= 15 is 0 Å². The van der Waals surface area contributed by atoms with Crippen molar-refractivity contribution in [3.63, 3.8) is 0 Å². The first-order valence-electron chi connectivity index (χ1n) is 3.34. The Morgan fingerprint density at radius 1 is 1.45 bits per heavy atom. The largest absolute Gasteiger partial charge is 1.00 e. The molecule has 0 aromatic rings. The standard InChI is InChI=1S/C6H14O3S.Na/c1-4-5(2)6(3)10-9-8-7;/h5-7H,4H2,1-3H3;/q;+1/p-1. The van der Waals surface area contributed by atoms with E-state index in [1.165, 1.54) is 0 Å². The quantitative estimate of drug-likeness (QED) is 0.223. The van der Waals surface area contributed by atoms with Crippen LogP contribution in [0.2, 0.25) is 0 Å². The average Bonchev–Trinajstić information content (AvgIpc) is 1.98. The third-order valence-corrected chi connectivity index (χ3v) is 2.57. The van der Waals surface area contributed by atoms with Crippen molar-refractivity contribution in [1.29, 1.82) is 0 Å². The first kappa shape index (κ1) is 14.7. The molecule has 2 unspecified atom stereocenters. The molecule has 11 heavy (non-hydrogen) atoms. The molecule has 0 aliphatic rings. The zero-order chi connectivity index (χ0) is 7.98. The molecular weight excluding hydrogens is 175 g/mol. The zero-order valence-corrected chi connectivity index (χ0v) is 10.3. The maximum Gasteiger partial charge on any atom is 1.00 e. The molecule has 0 amide bonds. The van der Waals surface area contributed by atoms with Crippen molar-refractivity contribution in [2.75, 3.05) is 0 Å². The van der Waals surface area contributed by atoms with Crippen LogP contribution >= 0.6 is 12.0 Å². The molecule has 0 saturated carbocycles. The van der Waals surface area contributed by atoms with Crippen LogP contribution in [-0.4, -0.2) is 5.25 Å². The molecule has 0 aliphatic carbocycles. The van der Waals surface area contributed by atoms with E-state index < -0.39 is 0 Å². The van der Waals surface area contributed by atoms with Crippen LogP contribution in [0.15, 0.2) is 0 Å². The van der Waals surface area contributed by atoms with Crippen LogP contribution in [0.5, 0.6) is 0 Å². The van der Waals surface area contributed by atoms with Crippen molar-refractivity contribution in [3.05, 3.63) is 0 Å². The van der Waals surface area contributed by atoms with Crippen molar-refractivity contribution < 1.29 is 44.2 Å². The normalized spacial score (nSPS) is 15.3. The first-order valence-corrected chi connectivity index (χ1v) is 4.14. The van der Waals surface area contributed by atoms with Gasteiger partial charge >= 0.3 is 29.6 Å². The maximum atomic E-state index is 9.40. The van der Waals surface area contributed by atoms with Crippen molar-refractivity contribution in [3.8, 4) is 0 Å². The summed E-state index contributed by atoms with van der Waals surface area (Å²) in [7, 11) is 0. The van der Waals surface area contributed by atoms with Gasteiger partial charge in [-0.3, -0.25) is 5.04 Å². The summed E-state index contributed by atoms with van der Waals surface area (Å²) >= 11 is 1.07. The van der Waals surface area contributed by atoms with E-state index in [1.54, 1.807) is 0 Å². The Hall–Kier alpha value is 1.23. The monoisotopic (exact) mass is 188 g/mol. The molecule has 0 N–H and O–H groups in total. The summed E-state index contributed by atoms with van der Waals surface area (Å²) < 4.78 is 4.18. The summed E-state index contributed by atoms with van der Waals surface area (Å²) in [4.78, 5) is 0. The van der Waals surface area contributed by atoms with Crippen LogP contribution in [0.4, 0.5) is 0 Å². The average molecular weight is 188 g/mol. The molecule has 0 fully saturated rings. The molecule has 0 bridgehead atoms. The Morgan fingerprint density at radius 3 is 2.36 bits per heavy atom. The second-order valence-electron chi connectivity index (χ2n) is 2.32. The van der Waals surface area contributed by atoms with Gasteiger partial charge in [-0.2, -0.15) is 4.33 Å². The van der Waals surface area contributed by atoms with Gasteiger partial charge < -0.3 is 5.26 Å². The molecular formula is C6H13NaO3S. The summed E-state index contributed by atoms with van der Waals surface area (Å²) in [5.41, 5.74) is 0. The van der Waals surface area contributed by atoms with Crippen molar-refractivity contribution in [2.45, 2.75) is 32.4 Å².